The van der Waals surface area contributed by atoms with Gasteiger partial charge in [0, 0.05) is 0 Å². The fourth-order valence-electron chi connectivity index (χ4n) is 4.94. The van der Waals surface area contributed by atoms with E-state index >= 15 is 0 Å². The molecule has 0 aromatic heterocycles. The number of rotatable bonds is 17. The van der Waals surface area contributed by atoms with E-state index in [-0.39, 0.29) is 45.9 Å². The zero-order valence-corrected chi connectivity index (χ0v) is 31.8. The van der Waals surface area contributed by atoms with Crippen LogP contribution in [0.15, 0.2) is 91.0 Å². The second-order valence-electron chi connectivity index (χ2n) is 14.6. The highest BCUT2D eigenvalue weighted by Crippen LogP contribution is 2.23. The second-order valence-corrected chi connectivity index (χ2v) is 14.6. The first-order valence-electron chi connectivity index (χ1n) is 17.8. The van der Waals surface area contributed by atoms with Gasteiger partial charge in [-0.2, -0.15) is 0 Å². The first-order chi connectivity index (χ1) is 25.6. The fraction of sp³-hybridized carbons (Fsp3) is 0.439. The molecule has 3 rings (SSSR count). The van der Waals surface area contributed by atoms with E-state index in [2.05, 4.69) is 10.6 Å². The zero-order chi connectivity index (χ0) is 39.6. The minimum Gasteiger partial charge on any atom is -0.461 e. The standard InChI is InChI=1S/C41H52N2O11/c1-40(2,3)33(28-53-39(48)52-27-31-21-14-9-15-22-31)42-35(44)34(43-37(46)54-41(4,5)6)32(36(45)50-25-29-17-10-7-11-18-29)23-16-24-49-38(47)51-26-30-19-12-8-13-20-30/h7-15,17-22,32-34H,16,23-28H2,1-6H3,(H,42,44)(H,43,46)/t32-,33+,34+/m0/s1. The summed E-state index contributed by atoms with van der Waals surface area (Å²) >= 11 is 0. The molecular weight excluding hydrogens is 696 g/mol. The molecule has 13 heteroatoms. The van der Waals surface area contributed by atoms with E-state index in [0.717, 1.165) is 11.1 Å². The molecule has 2 amide bonds. The molecule has 0 aliphatic carbocycles. The van der Waals surface area contributed by atoms with Crippen LogP contribution < -0.4 is 10.6 Å². The molecule has 3 aromatic rings. The minimum atomic E-state index is -1.51. The van der Waals surface area contributed by atoms with Crippen molar-refractivity contribution in [2.75, 3.05) is 13.2 Å². The highest BCUT2D eigenvalue weighted by atomic mass is 16.7. The largest absolute Gasteiger partial charge is 0.508 e. The monoisotopic (exact) mass is 748 g/mol. The summed E-state index contributed by atoms with van der Waals surface area (Å²) in [7, 11) is 0. The molecule has 13 nitrogen and oxygen atoms in total. The molecule has 3 aromatic carbocycles. The van der Waals surface area contributed by atoms with Gasteiger partial charge in [0.05, 0.1) is 18.6 Å². The van der Waals surface area contributed by atoms with Gasteiger partial charge in [0.2, 0.25) is 5.91 Å². The molecule has 0 saturated carbocycles. The van der Waals surface area contributed by atoms with Crippen molar-refractivity contribution in [1.29, 1.82) is 0 Å². The van der Waals surface area contributed by atoms with Crippen LogP contribution in [0.4, 0.5) is 14.4 Å². The Kier molecular flexibility index (Phi) is 16.8. The van der Waals surface area contributed by atoms with Gasteiger partial charge in [-0.15, -0.1) is 0 Å². The number of ether oxygens (including phenoxy) is 6. The van der Waals surface area contributed by atoms with Gasteiger partial charge in [-0.3, -0.25) is 9.59 Å². The molecule has 0 spiro atoms. The maximum atomic E-state index is 14.2. The first-order valence-corrected chi connectivity index (χ1v) is 17.8. The molecule has 0 saturated heterocycles. The van der Waals surface area contributed by atoms with Gasteiger partial charge in [0.25, 0.3) is 0 Å². The lowest BCUT2D eigenvalue weighted by Gasteiger charge is -2.34. The molecule has 54 heavy (non-hydrogen) atoms. The van der Waals surface area contributed by atoms with Crippen molar-refractivity contribution < 1.29 is 52.4 Å². The summed E-state index contributed by atoms with van der Waals surface area (Å²) in [5.74, 6) is -2.80. The van der Waals surface area contributed by atoms with Crippen LogP contribution in [-0.2, 0) is 57.8 Å². The highest BCUT2D eigenvalue weighted by Gasteiger charge is 2.39. The van der Waals surface area contributed by atoms with E-state index in [1.54, 1.807) is 69.3 Å². The topological polar surface area (TPSA) is 165 Å². The fourth-order valence-corrected chi connectivity index (χ4v) is 4.94. The van der Waals surface area contributed by atoms with Gasteiger partial charge in [0.15, 0.2) is 0 Å². The number of amides is 2. The molecule has 0 aliphatic heterocycles. The van der Waals surface area contributed by atoms with Crippen LogP contribution in [0.1, 0.15) is 71.1 Å². The molecule has 3 atom stereocenters. The Morgan fingerprint density at radius 1 is 0.593 bits per heavy atom. The number of hydrogen-bond donors (Lipinski definition) is 2. The predicted octanol–water partition coefficient (Wildman–Crippen LogP) is 7.26. The third-order valence-corrected chi connectivity index (χ3v) is 7.89. The first kappa shape index (κ1) is 42.8. The number of nitrogens with one attached hydrogen (secondary N) is 2. The maximum absolute atomic E-state index is 14.2. The number of esters is 1. The average Bonchev–Trinajstić information content (AvgIpc) is 3.13. The lowest BCUT2D eigenvalue weighted by atomic mass is 9.86. The molecule has 2 N–H and O–H groups in total. The Hall–Kier alpha value is -5.59. The van der Waals surface area contributed by atoms with Crippen molar-refractivity contribution in [3.8, 4) is 0 Å². The predicted molar refractivity (Wildman–Crippen MR) is 199 cm³/mol. The summed E-state index contributed by atoms with van der Waals surface area (Å²) in [6.07, 6.45) is -2.73. The summed E-state index contributed by atoms with van der Waals surface area (Å²) < 4.78 is 32.1. The molecule has 0 bridgehead atoms. The summed E-state index contributed by atoms with van der Waals surface area (Å²) in [6.45, 7) is 9.94. The Morgan fingerprint density at radius 3 is 1.52 bits per heavy atom. The number of carbonyl (C=O) groups is 5. The van der Waals surface area contributed by atoms with E-state index in [1.807, 2.05) is 63.2 Å². The van der Waals surface area contributed by atoms with Crippen molar-refractivity contribution in [3.05, 3.63) is 108 Å². The van der Waals surface area contributed by atoms with Crippen molar-refractivity contribution in [2.24, 2.45) is 11.3 Å². The van der Waals surface area contributed by atoms with E-state index in [4.69, 9.17) is 28.4 Å². The quantitative estimate of drug-likeness (QED) is 0.0811. The van der Waals surface area contributed by atoms with Crippen LogP contribution in [0.2, 0.25) is 0 Å². The third kappa shape index (κ3) is 16.4. The lowest BCUT2D eigenvalue weighted by molar-refractivity contribution is -0.153. The van der Waals surface area contributed by atoms with E-state index in [0.29, 0.717) is 5.56 Å². The summed E-state index contributed by atoms with van der Waals surface area (Å²) in [6, 6.07) is 24.8. The second kappa shape index (κ2) is 21.2. The molecule has 0 fully saturated rings. The van der Waals surface area contributed by atoms with Gasteiger partial charge >= 0.3 is 24.4 Å². The van der Waals surface area contributed by atoms with Crippen LogP contribution in [0.3, 0.4) is 0 Å². The smallest absolute Gasteiger partial charge is 0.461 e. The van der Waals surface area contributed by atoms with Crippen LogP contribution >= 0.6 is 0 Å². The Labute approximate surface area is 317 Å². The van der Waals surface area contributed by atoms with Gasteiger partial charge < -0.3 is 39.1 Å². The van der Waals surface area contributed by atoms with Crippen molar-refractivity contribution in [2.45, 2.75) is 91.9 Å². The molecule has 292 valence electrons. The zero-order valence-electron chi connectivity index (χ0n) is 31.8. The molecule has 0 aliphatic rings. The lowest BCUT2D eigenvalue weighted by Crippen LogP contribution is -2.58. The van der Waals surface area contributed by atoms with Gasteiger partial charge in [-0.1, -0.05) is 112 Å². The molecular formula is C41H52N2O11. The molecule has 0 unspecified atom stereocenters. The molecule has 0 heterocycles. The highest BCUT2D eigenvalue weighted by molar-refractivity contribution is 5.91. The van der Waals surface area contributed by atoms with Gasteiger partial charge in [-0.05, 0) is 55.7 Å². The van der Waals surface area contributed by atoms with E-state index in [1.165, 1.54) is 0 Å². The van der Waals surface area contributed by atoms with Crippen LogP contribution in [0.25, 0.3) is 0 Å². The number of alkyl carbamates (subject to hydrolysis) is 1. The van der Waals surface area contributed by atoms with Crippen molar-refractivity contribution >= 4 is 30.3 Å². The third-order valence-electron chi connectivity index (χ3n) is 7.89. The maximum Gasteiger partial charge on any atom is 0.508 e. The Morgan fingerprint density at radius 2 is 1.06 bits per heavy atom. The van der Waals surface area contributed by atoms with Crippen LogP contribution in [0.5, 0.6) is 0 Å². The minimum absolute atomic E-state index is 0.00463. The summed E-state index contributed by atoms with van der Waals surface area (Å²) in [4.78, 5) is 65.9. The van der Waals surface area contributed by atoms with Crippen LogP contribution in [0, 0.1) is 11.3 Å². The van der Waals surface area contributed by atoms with Crippen molar-refractivity contribution in [1.82, 2.24) is 10.6 Å². The average molecular weight is 749 g/mol. The normalized spacial score (nSPS) is 12.9. The number of hydrogen-bond acceptors (Lipinski definition) is 11. The Balaban J connectivity index is 1.77. The van der Waals surface area contributed by atoms with Gasteiger partial charge in [-0.25, -0.2) is 14.4 Å². The Bertz CT molecular complexity index is 1620. The van der Waals surface area contributed by atoms with Crippen molar-refractivity contribution in [3.63, 3.8) is 0 Å². The number of benzene rings is 3. The summed E-state index contributed by atoms with van der Waals surface area (Å²) in [5, 5.41) is 5.41. The molecule has 0 radical (unpaired) electrons. The van der Waals surface area contributed by atoms with Gasteiger partial charge in [0.1, 0.15) is 38.1 Å². The van der Waals surface area contributed by atoms with E-state index < -0.39 is 59.3 Å². The number of carbonyl (C=O) groups excluding carboxylic acids is 5. The van der Waals surface area contributed by atoms with E-state index in [9.17, 15) is 24.0 Å². The SMILES string of the molecule is CC(C)(C)OC(=O)N[C@@H](C(=O)N[C@H](COC(=O)OCc1ccccc1)C(C)(C)C)[C@H](CCCOC(=O)OCc1ccccc1)C(=O)OCc1ccccc1. The van der Waals surface area contributed by atoms with Crippen LogP contribution in [-0.4, -0.2) is 61.2 Å². The summed E-state index contributed by atoms with van der Waals surface area (Å²) in [5.41, 5.74) is 0.666.